The lowest BCUT2D eigenvalue weighted by Gasteiger charge is -2.26. The van der Waals surface area contributed by atoms with E-state index in [1.165, 1.54) is 30.7 Å². The van der Waals surface area contributed by atoms with Crippen molar-refractivity contribution in [3.8, 4) is 11.4 Å². The Morgan fingerprint density at radius 3 is 2.53 bits per heavy atom. The van der Waals surface area contributed by atoms with Gasteiger partial charge >= 0.3 is 11.7 Å². The predicted octanol–water partition coefficient (Wildman–Crippen LogP) is 4.26. The fourth-order valence-electron chi connectivity index (χ4n) is 3.88. The van der Waals surface area contributed by atoms with Crippen LogP contribution in [0.1, 0.15) is 39.4 Å². The minimum atomic E-state index is -1.29. The summed E-state index contributed by atoms with van der Waals surface area (Å²) >= 11 is 7.16. The zero-order valence-corrected chi connectivity index (χ0v) is 19.9. The van der Waals surface area contributed by atoms with Gasteiger partial charge in [-0.1, -0.05) is 29.8 Å². The number of nitrogens with zero attached hydrogens (tertiary/aromatic N) is 1. The number of thiophene rings is 1. The molecule has 0 saturated carbocycles. The molecular formula is C24H19ClN2O6S. The number of aromatic carboxylic acids is 1. The highest BCUT2D eigenvalue weighted by molar-refractivity contribution is 7.13. The summed E-state index contributed by atoms with van der Waals surface area (Å²) in [7, 11) is 1.52. The van der Waals surface area contributed by atoms with Gasteiger partial charge in [0.25, 0.3) is 5.56 Å². The quantitative estimate of drug-likeness (QED) is 0.383. The average molecular weight is 499 g/mol. The minimum absolute atomic E-state index is 0.0287. The molecule has 0 unspecified atom stereocenters. The largest absolute Gasteiger partial charge is 0.496 e. The van der Waals surface area contributed by atoms with E-state index in [9.17, 15) is 24.3 Å². The highest BCUT2D eigenvalue weighted by Gasteiger charge is 2.33. The van der Waals surface area contributed by atoms with E-state index in [0.717, 1.165) is 15.9 Å². The number of ketones is 1. The number of hydrogen-bond acceptors (Lipinski definition) is 6. The SMILES string of the molecule is COc1ccccc1C(C)(C)C(=O)c1ccc(Cl)c(-n2c(=O)[nH]c3csc(C(=O)O)c3c2=O)c1. The molecule has 0 bridgehead atoms. The van der Waals surface area contributed by atoms with Crippen molar-refractivity contribution >= 4 is 45.6 Å². The highest BCUT2D eigenvalue weighted by Crippen LogP contribution is 2.35. The maximum absolute atomic E-state index is 13.6. The number of Topliss-reactive ketones (excluding diaryl/α,β-unsaturated/α-hetero) is 1. The zero-order chi connectivity index (χ0) is 24.8. The standard InChI is InChI=1S/C24H19ClN2O6S/c1-24(2,13-6-4-5-7-17(13)33-3)20(28)12-8-9-14(25)16(10-12)27-21(29)18-15(26-23(27)32)11-34-19(18)22(30)31/h4-11H,1-3H3,(H,26,32)(H,30,31). The number of halogens is 1. The molecule has 0 aliphatic carbocycles. The molecule has 0 saturated heterocycles. The Morgan fingerprint density at radius 1 is 1.15 bits per heavy atom. The number of carboxylic acid groups (broad SMARTS) is 1. The van der Waals surface area contributed by atoms with Crippen LogP contribution in [0.5, 0.6) is 5.75 Å². The molecule has 4 aromatic rings. The van der Waals surface area contributed by atoms with Crippen LogP contribution in [0.25, 0.3) is 16.6 Å². The number of hydrogen-bond donors (Lipinski definition) is 2. The van der Waals surface area contributed by atoms with Gasteiger partial charge in [0.1, 0.15) is 10.6 Å². The van der Waals surface area contributed by atoms with Crippen molar-refractivity contribution in [1.29, 1.82) is 0 Å². The minimum Gasteiger partial charge on any atom is -0.496 e. The third kappa shape index (κ3) is 3.72. The van der Waals surface area contributed by atoms with Crippen LogP contribution in [-0.4, -0.2) is 33.5 Å². The molecule has 0 aliphatic rings. The maximum Gasteiger partial charge on any atom is 0.346 e. The van der Waals surface area contributed by atoms with Crippen LogP contribution in [0.4, 0.5) is 0 Å². The number of methoxy groups -OCH3 is 1. The second-order valence-electron chi connectivity index (χ2n) is 8.05. The van der Waals surface area contributed by atoms with Crippen molar-refractivity contribution < 1.29 is 19.4 Å². The molecule has 2 aromatic heterocycles. The first kappa shape index (κ1) is 23.5. The van der Waals surface area contributed by atoms with E-state index in [0.29, 0.717) is 11.3 Å². The molecule has 0 fully saturated rings. The third-order valence-electron chi connectivity index (χ3n) is 5.64. The van der Waals surface area contributed by atoms with Crippen LogP contribution >= 0.6 is 22.9 Å². The van der Waals surface area contributed by atoms with E-state index >= 15 is 0 Å². The van der Waals surface area contributed by atoms with E-state index in [4.69, 9.17) is 16.3 Å². The van der Waals surface area contributed by atoms with Gasteiger partial charge in [0.15, 0.2) is 5.78 Å². The first-order valence-corrected chi connectivity index (χ1v) is 11.3. The lowest BCUT2D eigenvalue weighted by molar-refractivity contribution is 0.0703. The number of fused-ring (bicyclic) bond motifs is 1. The highest BCUT2D eigenvalue weighted by atomic mass is 35.5. The molecule has 0 radical (unpaired) electrons. The summed E-state index contributed by atoms with van der Waals surface area (Å²) < 4.78 is 6.16. The van der Waals surface area contributed by atoms with Crippen molar-refractivity contribution in [1.82, 2.24) is 9.55 Å². The van der Waals surface area contributed by atoms with Gasteiger partial charge in [-0.05, 0) is 38.1 Å². The Balaban J connectivity index is 1.90. The van der Waals surface area contributed by atoms with Gasteiger partial charge in [-0.2, -0.15) is 0 Å². The molecule has 34 heavy (non-hydrogen) atoms. The normalized spacial score (nSPS) is 11.5. The van der Waals surface area contributed by atoms with Crippen LogP contribution < -0.4 is 16.0 Å². The lowest BCUT2D eigenvalue weighted by atomic mass is 9.77. The number of para-hydroxylation sites is 1. The van der Waals surface area contributed by atoms with E-state index < -0.39 is 22.6 Å². The number of ether oxygens (including phenoxy) is 1. The smallest absolute Gasteiger partial charge is 0.346 e. The first-order valence-electron chi connectivity index (χ1n) is 10.1. The molecule has 4 rings (SSSR count). The average Bonchev–Trinajstić information content (AvgIpc) is 3.24. The molecule has 174 valence electrons. The van der Waals surface area contributed by atoms with Crippen molar-refractivity contribution in [2.24, 2.45) is 0 Å². The molecule has 8 nitrogen and oxygen atoms in total. The fraction of sp³-hybridized carbons (Fsp3) is 0.167. The summed E-state index contributed by atoms with van der Waals surface area (Å²) in [5.74, 6) is -1.03. The molecule has 2 N–H and O–H groups in total. The van der Waals surface area contributed by atoms with Gasteiger partial charge < -0.3 is 14.8 Å². The summed E-state index contributed by atoms with van der Waals surface area (Å²) in [4.78, 5) is 53.4. The Labute approximate surface area is 202 Å². The third-order valence-corrected chi connectivity index (χ3v) is 6.93. The van der Waals surface area contributed by atoms with E-state index in [1.807, 2.05) is 0 Å². The summed E-state index contributed by atoms with van der Waals surface area (Å²) in [5, 5.41) is 10.7. The molecule has 2 aromatic carbocycles. The van der Waals surface area contributed by atoms with Gasteiger partial charge in [-0.3, -0.25) is 9.59 Å². The van der Waals surface area contributed by atoms with Crippen LogP contribution in [0, 0.1) is 0 Å². The summed E-state index contributed by atoms with van der Waals surface area (Å²) in [6, 6.07) is 11.4. The molecule has 0 amide bonds. The van der Waals surface area contributed by atoms with E-state index in [2.05, 4.69) is 4.98 Å². The van der Waals surface area contributed by atoms with Crippen molar-refractivity contribution in [3.05, 3.63) is 89.7 Å². The second kappa shape index (κ2) is 8.58. The van der Waals surface area contributed by atoms with E-state index in [-0.39, 0.29) is 37.8 Å². The summed E-state index contributed by atoms with van der Waals surface area (Å²) in [5.41, 5.74) is -1.68. The Bertz CT molecular complexity index is 1580. The zero-order valence-electron chi connectivity index (χ0n) is 18.3. The number of H-pyrrole nitrogens is 1. The van der Waals surface area contributed by atoms with Gasteiger partial charge in [0.05, 0.1) is 34.1 Å². The van der Waals surface area contributed by atoms with Gasteiger partial charge in [-0.15, -0.1) is 11.3 Å². The monoisotopic (exact) mass is 498 g/mol. The van der Waals surface area contributed by atoms with Gasteiger partial charge in [0, 0.05) is 16.5 Å². The number of carboxylic acids is 1. The first-order chi connectivity index (χ1) is 16.1. The number of benzene rings is 2. The molecule has 0 atom stereocenters. The topological polar surface area (TPSA) is 118 Å². The van der Waals surface area contributed by atoms with Crippen LogP contribution in [0.3, 0.4) is 0 Å². The van der Waals surface area contributed by atoms with Crippen LogP contribution in [-0.2, 0) is 5.41 Å². The number of rotatable bonds is 6. The molecule has 10 heteroatoms. The fourth-order valence-corrected chi connectivity index (χ4v) is 4.91. The summed E-state index contributed by atoms with van der Waals surface area (Å²) in [6.45, 7) is 3.49. The Kier molecular flexibility index (Phi) is 5.93. The molecule has 2 heterocycles. The van der Waals surface area contributed by atoms with Crippen LogP contribution in [0.2, 0.25) is 5.02 Å². The molecular weight excluding hydrogens is 480 g/mol. The lowest BCUT2D eigenvalue weighted by Crippen LogP contribution is -2.34. The van der Waals surface area contributed by atoms with Crippen LogP contribution in [0.15, 0.2) is 57.4 Å². The number of carbonyl (C=O) groups excluding carboxylic acids is 1. The number of carbonyl (C=O) groups is 2. The molecule has 0 aliphatic heterocycles. The van der Waals surface area contributed by atoms with Crippen molar-refractivity contribution in [3.63, 3.8) is 0 Å². The predicted molar refractivity (Wildman–Crippen MR) is 130 cm³/mol. The van der Waals surface area contributed by atoms with E-state index in [1.54, 1.807) is 38.1 Å². The number of aromatic nitrogens is 2. The maximum atomic E-state index is 13.6. The molecule has 0 spiro atoms. The van der Waals surface area contributed by atoms with Crippen molar-refractivity contribution in [2.75, 3.05) is 7.11 Å². The van der Waals surface area contributed by atoms with Crippen molar-refractivity contribution in [2.45, 2.75) is 19.3 Å². The van der Waals surface area contributed by atoms with Gasteiger partial charge in [-0.25, -0.2) is 14.2 Å². The Morgan fingerprint density at radius 2 is 1.85 bits per heavy atom. The Hall–Kier alpha value is -3.69. The van der Waals surface area contributed by atoms with Gasteiger partial charge in [0.2, 0.25) is 0 Å². The second-order valence-corrected chi connectivity index (χ2v) is 9.34. The number of nitrogens with one attached hydrogen (secondary N) is 1. The summed E-state index contributed by atoms with van der Waals surface area (Å²) in [6.07, 6.45) is 0. The number of aromatic amines is 1.